The van der Waals surface area contributed by atoms with Crippen molar-refractivity contribution in [2.45, 2.75) is 53.0 Å². The molecule has 1 aromatic carbocycles. The molecule has 2 unspecified atom stereocenters. The Bertz CT molecular complexity index is 520. The first-order valence-electron chi connectivity index (χ1n) is 8.66. The van der Waals surface area contributed by atoms with E-state index in [1.54, 1.807) is 0 Å². The number of benzene rings is 1. The van der Waals surface area contributed by atoms with Crippen molar-refractivity contribution in [3.63, 3.8) is 0 Å². The van der Waals surface area contributed by atoms with E-state index in [0.717, 1.165) is 36.2 Å². The zero-order valence-corrected chi connectivity index (χ0v) is 14.9. The van der Waals surface area contributed by atoms with E-state index in [0.29, 0.717) is 5.91 Å². The van der Waals surface area contributed by atoms with Gasteiger partial charge < -0.3 is 9.38 Å². The van der Waals surface area contributed by atoms with E-state index in [4.69, 9.17) is 0 Å². The number of aryl methyl sites for hydroxylation is 2. The fourth-order valence-electron chi connectivity index (χ4n) is 3.75. The number of quaternary nitrogens is 1. The highest BCUT2D eigenvalue weighted by Crippen LogP contribution is 2.32. The van der Waals surface area contributed by atoms with Gasteiger partial charge in [-0.3, -0.25) is 4.79 Å². The van der Waals surface area contributed by atoms with Gasteiger partial charge in [0, 0.05) is 18.7 Å². The Hall–Kier alpha value is -1.35. The van der Waals surface area contributed by atoms with Gasteiger partial charge in [0.05, 0.1) is 20.1 Å². The van der Waals surface area contributed by atoms with Gasteiger partial charge in [0.2, 0.25) is 0 Å². The second-order valence-corrected chi connectivity index (χ2v) is 6.91. The summed E-state index contributed by atoms with van der Waals surface area (Å²) in [5.41, 5.74) is 3.54. The van der Waals surface area contributed by atoms with Crippen LogP contribution in [-0.2, 0) is 4.79 Å². The smallest absolute Gasteiger partial charge is 0.285 e. The zero-order valence-electron chi connectivity index (χ0n) is 14.9. The molecule has 1 aliphatic heterocycles. The fourth-order valence-corrected chi connectivity index (χ4v) is 3.75. The van der Waals surface area contributed by atoms with E-state index in [1.165, 1.54) is 24.0 Å². The Morgan fingerprint density at radius 2 is 1.86 bits per heavy atom. The van der Waals surface area contributed by atoms with Crippen molar-refractivity contribution < 1.29 is 9.28 Å². The molecule has 1 heterocycles. The largest absolute Gasteiger partial charge is 0.316 e. The van der Waals surface area contributed by atoms with Crippen LogP contribution >= 0.6 is 0 Å². The molecule has 1 saturated heterocycles. The van der Waals surface area contributed by atoms with Crippen LogP contribution in [0.1, 0.15) is 44.2 Å². The van der Waals surface area contributed by atoms with Crippen molar-refractivity contribution in [3.8, 4) is 0 Å². The molecule has 2 atom stereocenters. The van der Waals surface area contributed by atoms with Gasteiger partial charge in [-0.2, -0.15) is 0 Å². The maximum Gasteiger partial charge on any atom is 0.285 e. The van der Waals surface area contributed by atoms with E-state index >= 15 is 0 Å². The molecule has 0 N–H and O–H groups in total. The lowest BCUT2D eigenvalue weighted by Gasteiger charge is -2.38. The fraction of sp³-hybridized carbons (Fsp3) is 0.632. The summed E-state index contributed by atoms with van der Waals surface area (Å²) < 4.78 is 0.883. The number of unbranched alkanes of at least 4 members (excludes halogenated alkanes) is 1. The second-order valence-electron chi connectivity index (χ2n) is 6.91. The number of hydrogen-bond donors (Lipinski definition) is 0. The number of nitrogens with zero attached hydrogens (tertiary/aromatic N) is 2. The predicted molar refractivity (Wildman–Crippen MR) is 93.2 cm³/mol. The van der Waals surface area contributed by atoms with Gasteiger partial charge >= 0.3 is 0 Å². The topological polar surface area (TPSA) is 20.3 Å². The summed E-state index contributed by atoms with van der Waals surface area (Å²) in [4.78, 5) is 15.1. The quantitative estimate of drug-likeness (QED) is 0.734. The Balaban J connectivity index is 2.26. The molecule has 0 aromatic heterocycles. The first-order valence-corrected chi connectivity index (χ1v) is 8.66. The van der Waals surface area contributed by atoms with E-state index < -0.39 is 0 Å². The number of likely N-dealkylation sites (N-methyl/N-ethyl adjacent to an activating group) is 1. The predicted octanol–water partition coefficient (Wildman–Crippen LogP) is 3.68. The van der Waals surface area contributed by atoms with Crippen LogP contribution in [0.2, 0.25) is 0 Å². The van der Waals surface area contributed by atoms with Gasteiger partial charge in [0.15, 0.2) is 6.04 Å². The molecule has 3 nitrogen and oxygen atoms in total. The normalized spacial score (nSPS) is 21.2. The van der Waals surface area contributed by atoms with E-state index in [1.807, 2.05) is 4.90 Å². The van der Waals surface area contributed by atoms with Gasteiger partial charge in [-0.05, 0) is 38.3 Å². The molecule has 22 heavy (non-hydrogen) atoms. The Kier molecular flexibility index (Phi) is 5.28. The number of amides is 1. The van der Waals surface area contributed by atoms with Gasteiger partial charge in [0.1, 0.15) is 0 Å². The average molecular weight is 303 g/mol. The summed E-state index contributed by atoms with van der Waals surface area (Å²) in [5.74, 6) is 0.317. The van der Waals surface area contributed by atoms with E-state index in [9.17, 15) is 4.79 Å². The maximum atomic E-state index is 13.1. The first-order chi connectivity index (χ1) is 10.4. The number of carbonyl (C=O) groups excluding carboxylic acids is 1. The highest BCUT2D eigenvalue weighted by Gasteiger charge is 2.44. The first kappa shape index (κ1) is 17.0. The minimum atomic E-state index is 0.121. The summed E-state index contributed by atoms with van der Waals surface area (Å²) in [6.45, 7) is 11.6. The SMILES string of the molecule is CCCC[N+](C)(CC)C1CCN(c2c(C)cccc2C)C1=O. The van der Waals surface area contributed by atoms with Gasteiger partial charge in [-0.25, -0.2) is 0 Å². The summed E-state index contributed by atoms with van der Waals surface area (Å²) in [6, 6.07) is 6.40. The molecule has 0 spiro atoms. The number of rotatable bonds is 6. The molecule has 1 aromatic rings. The van der Waals surface area contributed by atoms with Crippen molar-refractivity contribution in [1.29, 1.82) is 0 Å². The molecule has 122 valence electrons. The Labute approximate surface area is 135 Å². The summed E-state index contributed by atoms with van der Waals surface area (Å²) in [6.07, 6.45) is 3.35. The molecular formula is C19H31N2O+. The van der Waals surface area contributed by atoms with Crippen molar-refractivity contribution >= 4 is 11.6 Å². The summed E-state index contributed by atoms with van der Waals surface area (Å²) in [5, 5.41) is 0. The zero-order chi connectivity index (χ0) is 16.3. The average Bonchev–Trinajstić information content (AvgIpc) is 2.87. The van der Waals surface area contributed by atoms with Crippen LogP contribution < -0.4 is 4.90 Å². The van der Waals surface area contributed by atoms with Gasteiger partial charge in [0.25, 0.3) is 5.91 Å². The highest BCUT2D eigenvalue weighted by molar-refractivity contribution is 6.00. The Morgan fingerprint density at radius 3 is 2.41 bits per heavy atom. The summed E-state index contributed by atoms with van der Waals surface area (Å²) >= 11 is 0. The third-order valence-electron chi connectivity index (χ3n) is 5.38. The standard InChI is InChI=1S/C19H31N2O/c1-6-8-14-21(5,7-2)17-12-13-20(19(17)22)18-15(3)10-9-11-16(18)4/h9-11,17H,6-8,12-14H2,1-5H3/q+1. The van der Waals surface area contributed by atoms with E-state index in [-0.39, 0.29) is 6.04 Å². The van der Waals surface area contributed by atoms with Gasteiger partial charge in [-0.15, -0.1) is 0 Å². The van der Waals surface area contributed by atoms with Crippen LogP contribution in [0.3, 0.4) is 0 Å². The number of anilines is 1. The molecule has 2 rings (SSSR count). The molecule has 1 aliphatic rings. The minimum Gasteiger partial charge on any atom is -0.316 e. The third-order valence-corrected chi connectivity index (χ3v) is 5.38. The van der Waals surface area contributed by atoms with Crippen LogP contribution in [-0.4, -0.2) is 43.1 Å². The molecular weight excluding hydrogens is 272 g/mol. The van der Waals surface area contributed by atoms with Gasteiger partial charge in [-0.1, -0.05) is 31.5 Å². The molecule has 0 aliphatic carbocycles. The molecule has 1 amide bonds. The lowest BCUT2D eigenvalue weighted by Crippen LogP contribution is -2.56. The molecule has 1 fully saturated rings. The molecule has 3 heteroatoms. The number of carbonyl (C=O) groups is 1. The van der Waals surface area contributed by atoms with Crippen LogP contribution in [0.15, 0.2) is 18.2 Å². The van der Waals surface area contributed by atoms with Crippen molar-refractivity contribution in [3.05, 3.63) is 29.3 Å². The third kappa shape index (κ3) is 3.05. The van der Waals surface area contributed by atoms with E-state index in [2.05, 4.69) is 52.9 Å². The molecule has 0 radical (unpaired) electrons. The number of hydrogen-bond acceptors (Lipinski definition) is 1. The minimum absolute atomic E-state index is 0.121. The Morgan fingerprint density at radius 1 is 1.23 bits per heavy atom. The number of para-hydroxylation sites is 1. The van der Waals surface area contributed by atoms with Crippen LogP contribution in [0.5, 0.6) is 0 Å². The lowest BCUT2D eigenvalue weighted by molar-refractivity contribution is -0.922. The summed E-state index contributed by atoms with van der Waals surface area (Å²) in [7, 11) is 2.26. The maximum absolute atomic E-state index is 13.1. The second kappa shape index (κ2) is 6.82. The van der Waals surface area contributed by atoms with Crippen molar-refractivity contribution in [2.24, 2.45) is 0 Å². The lowest BCUT2D eigenvalue weighted by atomic mass is 10.1. The highest BCUT2D eigenvalue weighted by atomic mass is 16.2. The molecule has 0 bridgehead atoms. The van der Waals surface area contributed by atoms with Crippen LogP contribution in [0.25, 0.3) is 0 Å². The van der Waals surface area contributed by atoms with Crippen molar-refractivity contribution in [2.75, 3.05) is 31.6 Å². The van der Waals surface area contributed by atoms with Crippen molar-refractivity contribution in [1.82, 2.24) is 0 Å². The van der Waals surface area contributed by atoms with Crippen LogP contribution in [0.4, 0.5) is 5.69 Å². The van der Waals surface area contributed by atoms with Crippen LogP contribution in [0, 0.1) is 13.8 Å². The molecule has 0 saturated carbocycles. The monoisotopic (exact) mass is 303 g/mol.